The van der Waals surface area contributed by atoms with Gasteiger partial charge in [-0.15, -0.1) is 0 Å². The first-order valence-electron chi connectivity index (χ1n) is 5.47. The second kappa shape index (κ2) is 5.75. The maximum Gasteiger partial charge on any atom is 0.208 e. The molecule has 0 spiro atoms. The summed E-state index contributed by atoms with van der Waals surface area (Å²) in [6, 6.07) is 0. The van der Waals surface area contributed by atoms with Gasteiger partial charge in [0.2, 0.25) is 5.78 Å². The molecule has 114 valence electrons. The van der Waals surface area contributed by atoms with Crippen molar-refractivity contribution in [2.75, 3.05) is 0 Å². The van der Waals surface area contributed by atoms with Crippen molar-refractivity contribution in [2.24, 2.45) is 0 Å². The Morgan fingerprint density at radius 3 is 1.32 bits per heavy atom. The summed E-state index contributed by atoms with van der Waals surface area (Å²) < 4.78 is 0. The molecule has 0 atom stereocenters. The Kier molecular flexibility index (Phi) is 4.51. The monoisotopic (exact) mass is 452 g/mol. The van der Waals surface area contributed by atoms with Crippen LogP contribution >= 0.6 is 92.8 Å². The lowest BCUT2D eigenvalue weighted by Crippen LogP contribution is -1.99. The molecule has 0 unspecified atom stereocenters. The molecule has 0 aliphatic heterocycles. The van der Waals surface area contributed by atoms with E-state index in [0.717, 1.165) is 0 Å². The quantitative estimate of drug-likeness (QED) is 0.290. The Labute approximate surface area is 164 Å². The number of benzene rings is 2. The number of Topliss-reactive ketones (excluding diaryl/α,β-unsaturated/α-hetero) is 1. The fourth-order valence-corrected chi connectivity index (χ4v) is 4.65. The molecular formula is C13Cl8O. The van der Waals surface area contributed by atoms with E-state index in [-0.39, 0.29) is 62.1 Å². The SMILES string of the molecule is O=C1C(Cl)=C(Cl)c2c1c(Cl)c1c(Cl)c(Cl)c(Cl)c(Cl)c1c2Cl. The highest BCUT2D eigenvalue weighted by Crippen LogP contribution is 2.54. The van der Waals surface area contributed by atoms with Gasteiger partial charge < -0.3 is 0 Å². The number of carbonyl (C=O) groups excluding carboxylic acids is 1. The third-order valence-electron chi connectivity index (χ3n) is 3.23. The molecule has 1 aliphatic carbocycles. The molecule has 0 heterocycles. The van der Waals surface area contributed by atoms with Gasteiger partial charge >= 0.3 is 0 Å². The van der Waals surface area contributed by atoms with Crippen molar-refractivity contribution >= 4 is 114 Å². The lowest BCUT2D eigenvalue weighted by molar-refractivity contribution is 0.104. The number of hydrogen-bond donors (Lipinski definition) is 0. The highest BCUT2D eigenvalue weighted by molar-refractivity contribution is 6.67. The normalized spacial score (nSPS) is 14.3. The molecule has 3 rings (SSSR count). The number of carbonyl (C=O) groups is 1. The van der Waals surface area contributed by atoms with Crippen molar-refractivity contribution < 1.29 is 4.79 Å². The third-order valence-corrected chi connectivity index (χ3v) is 6.63. The lowest BCUT2D eigenvalue weighted by atomic mass is 10.0. The van der Waals surface area contributed by atoms with Crippen molar-refractivity contribution in [1.29, 1.82) is 0 Å². The molecule has 0 N–H and O–H groups in total. The van der Waals surface area contributed by atoms with Gasteiger partial charge in [0, 0.05) is 16.3 Å². The molecule has 0 amide bonds. The van der Waals surface area contributed by atoms with Gasteiger partial charge in [0.15, 0.2) is 0 Å². The van der Waals surface area contributed by atoms with Gasteiger partial charge in [-0.3, -0.25) is 4.79 Å². The first kappa shape index (κ1) is 17.3. The van der Waals surface area contributed by atoms with Crippen LogP contribution in [-0.4, -0.2) is 5.78 Å². The summed E-state index contributed by atoms with van der Waals surface area (Å²) in [6.07, 6.45) is 0. The zero-order valence-electron chi connectivity index (χ0n) is 9.93. The van der Waals surface area contributed by atoms with E-state index in [1.807, 2.05) is 0 Å². The number of hydrogen-bond acceptors (Lipinski definition) is 1. The fraction of sp³-hybridized carbons (Fsp3) is 0. The lowest BCUT2D eigenvalue weighted by Gasteiger charge is -2.15. The molecule has 0 radical (unpaired) electrons. The minimum absolute atomic E-state index is 0.00581. The van der Waals surface area contributed by atoms with E-state index in [9.17, 15) is 4.79 Å². The first-order valence-corrected chi connectivity index (χ1v) is 8.49. The average Bonchev–Trinajstić information content (AvgIpc) is 2.71. The Morgan fingerprint density at radius 2 is 0.864 bits per heavy atom. The Bertz CT molecular complexity index is 928. The van der Waals surface area contributed by atoms with Crippen LogP contribution in [0.3, 0.4) is 0 Å². The summed E-state index contributed by atoms with van der Waals surface area (Å²) in [4.78, 5) is 12.2. The Hall–Kier alpha value is 0.430. The van der Waals surface area contributed by atoms with Crippen LogP contribution in [0.1, 0.15) is 15.9 Å². The largest absolute Gasteiger partial charge is 0.287 e. The minimum Gasteiger partial charge on any atom is -0.287 e. The van der Waals surface area contributed by atoms with Crippen LogP contribution < -0.4 is 0 Å². The van der Waals surface area contributed by atoms with E-state index in [4.69, 9.17) is 92.8 Å². The minimum atomic E-state index is -0.547. The van der Waals surface area contributed by atoms with Crippen molar-refractivity contribution in [3.8, 4) is 0 Å². The van der Waals surface area contributed by atoms with Gasteiger partial charge in [-0.2, -0.15) is 0 Å². The van der Waals surface area contributed by atoms with Crippen LogP contribution in [-0.2, 0) is 0 Å². The van der Waals surface area contributed by atoms with Gasteiger partial charge in [0.25, 0.3) is 0 Å². The molecule has 2 aromatic carbocycles. The molecule has 2 aromatic rings. The summed E-state index contributed by atoms with van der Waals surface area (Å²) in [5, 5.41) is 0.498. The smallest absolute Gasteiger partial charge is 0.208 e. The van der Waals surface area contributed by atoms with Crippen molar-refractivity contribution in [3.63, 3.8) is 0 Å². The summed E-state index contributed by atoms with van der Waals surface area (Å²) in [5.74, 6) is -0.547. The molecule has 0 saturated carbocycles. The van der Waals surface area contributed by atoms with Gasteiger partial charge in [0.1, 0.15) is 5.03 Å². The highest BCUT2D eigenvalue weighted by atomic mass is 35.5. The Morgan fingerprint density at radius 1 is 0.455 bits per heavy atom. The molecule has 0 fully saturated rings. The maximum absolute atomic E-state index is 12.2. The number of fused-ring (bicyclic) bond motifs is 2. The standard InChI is InChI=1S/C13Cl8O/c14-5-1-2(8(17)11(20)10(19)7(1)16)6(15)4-3(5)9(18)12(21)13(4)22. The van der Waals surface area contributed by atoms with Crippen LogP contribution in [0.15, 0.2) is 5.03 Å². The van der Waals surface area contributed by atoms with Crippen LogP contribution in [0.25, 0.3) is 15.8 Å². The van der Waals surface area contributed by atoms with Crippen molar-refractivity contribution in [1.82, 2.24) is 0 Å². The van der Waals surface area contributed by atoms with Crippen LogP contribution in [0.5, 0.6) is 0 Å². The second-order valence-corrected chi connectivity index (χ2v) is 7.36. The summed E-state index contributed by atoms with van der Waals surface area (Å²) in [7, 11) is 0. The number of allylic oxidation sites excluding steroid dienone is 1. The summed E-state index contributed by atoms with van der Waals surface area (Å²) in [6.45, 7) is 0. The number of halogens is 8. The molecule has 1 aliphatic rings. The van der Waals surface area contributed by atoms with E-state index in [2.05, 4.69) is 0 Å². The zero-order chi connectivity index (χ0) is 16.5. The van der Waals surface area contributed by atoms with Gasteiger partial charge in [-0.25, -0.2) is 0 Å². The van der Waals surface area contributed by atoms with Crippen LogP contribution in [0.4, 0.5) is 0 Å². The molecule has 1 nitrogen and oxygen atoms in total. The highest BCUT2D eigenvalue weighted by Gasteiger charge is 2.35. The number of rotatable bonds is 0. The van der Waals surface area contributed by atoms with Crippen molar-refractivity contribution in [2.45, 2.75) is 0 Å². The van der Waals surface area contributed by atoms with Gasteiger partial charge in [0.05, 0.1) is 40.7 Å². The second-order valence-electron chi connectivity index (χ2n) is 4.34. The predicted molar refractivity (Wildman–Crippen MR) is 97.0 cm³/mol. The first-order chi connectivity index (χ1) is 10.2. The average molecular weight is 456 g/mol. The third kappa shape index (κ3) is 2.11. The van der Waals surface area contributed by atoms with E-state index in [1.165, 1.54) is 0 Å². The molecule has 0 bridgehead atoms. The Balaban J connectivity index is 2.67. The summed E-state index contributed by atoms with van der Waals surface area (Å²) >= 11 is 49.1. The van der Waals surface area contributed by atoms with E-state index in [1.54, 1.807) is 0 Å². The fourth-order valence-electron chi connectivity index (χ4n) is 2.25. The van der Waals surface area contributed by atoms with Crippen LogP contribution in [0.2, 0.25) is 30.1 Å². The molecule has 9 heteroatoms. The molecule has 22 heavy (non-hydrogen) atoms. The van der Waals surface area contributed by atoms with E-state index in [0.29, 0.717) is 0 Å². The van der Waals surface area contributed by atoms with Gasteiger partial charge in [-0.1, -0.05) is 92.8 Å². The van der Waals surface area contributed by atoms with Crippen molar-refractivity contribution in [3.05, 3.63) is 46.3 Å². The summed E-state index contributed by atoms with van der Waals surface area (Å²) in [5.41, 5.74) is 0.262. The predicted octanol–water partition coefficient (Wildman–Crippen LogP) is 8.10. The molecule has 0 saturated heterocycles. The van der Waals surface area contributed by atoms with E-state index < -0.39 is 5.78 Å². The topological polar surface area (TPSA) is 17.1 Å². The number of ketones is 1. The molecule has 0 aromatic heterocycles. The van der Waals surface area contributed by atoms with E-state index >= 15 is 0 Å². The molecular weight excluding hydrogens is 456 g/mol. The van der Waals surface area contributed by atoms with Gasteiger partial charge in [-0.05, 0) is 0 Å². The van der Waals surface area contributed by atoms with Crippen LogP contribution in [0, 0.1) is 0 Å². The zero-order valence-corrected chi connectivity index (χ0v) is 16.0. The maximum atomic E-state index is 12.2.